The maximum atomic E-state index is 10.2. The van der Waals surface area contributed by atoms with E-state index in [1.165, 1.54) is 0 Å². The van der Waals surface area contributed by atoms with E-state index in [9.17, 15) is 5.11 Å². The summed E-state index contributed by atoms with van der Waals surface area (Å²) in [6.07, 6.45) is 13.7. The van der Waals surface area contributed by atoms with E-state index in [0.717, 1.165) is 64.2 Å². The second-order valence-electron chi connectivity index (χ2n) is 8.00. The van der Waals surface area contributed by atoms with Crippen molar-refractivity contribution >= 4 is 0 Å². The number of tetrazole rings is 2. The van der Waals surface area contributed by atoms with E-state index in [2.05, 4.69) is 38.0 Å². The van der Waals surface area contributed by atoms with Crippen molar-refractivity contribution in [1.82, 2.24) is 40.4 Å². The molecule has 9 nitrogen and oxygen atoms in total. The van der Waals surface area contributed by atoms with Gasteiger partial charge < -0.3 is 5.11 Å². The van der Waals surface area contributed by atoms with Crippen LogP contribution in [0.25, 0.3) is 0 Å². The van der Waals surface area contributed by atoms with Gasteiger partial charge in [0.25, 0.3) is 0 Å². The fraction of sp³-hybridized carbons (Fsp3) is 0.882. The third kappa shape index (κ3) is 3.13. The summed E-state index contributed by atoms with van der Waals surface area (Å²) < 4.78 is 3.91. The maximum absolute atomic E-state index is 10.2. The minimum absolute atomic E-state index is 0.0275. The van der Waals surface area contributed by atoms with Crippen LogP contribution in [0.4, 0.5) is 0 Å². The molecule has 2 heterocycles. The molecule has 0 spiro atoms. The first-order chi connectivity index (χ1) is 12.7. The maximum Gasteiger partial charge on any atom is 0.138 e. The molecule has 2 aliphatic carbocycles. The Morgan fingerprint density at radius 2 is 1.42 bits per heavy atom. The van der Waals surface area contributed by atoms with Crippen LogP contribution < -0.4 is 0 Å². The Balaban J connectivity index is 1.50. The molecule has 0 radical (unpaired) electrons. The molecule has 1 N–H and O–H groups in total. The average Bonchev–Trinajstić information content (AvgIpc) is 3.48. The summed E-state index contributed by atoms with van der Waals surface area (Å²) >= 11 is 0. The van der Waals surface area contributed by atoms with Gasteiger partial charge >= 0.3 is 0 Å². The first-order valence-corrected chi connectivity index (χ1v) is 9.86. The molecule has 142 valence electrons. The molecule has 9 heteroatoms. The number of rotatable bonds is 11. The molecule has 2 fully saturated rings. The average molecular weight is 360 g/mol. The van der Waals surface area contributed by atoms with Crippen LogP contribution in [-0.4, -0.2) is 51.6 Å². The minimum atomic E-state index is -0.193. The van der Waals surface area contributed by atoms with Crippen molar-refractivity contribution in [1.29, 1.82) is 0 Å². The van der Waals surface area contributed by atoms with Crippen LogP contribution in [0.2, 0.25) is 0 Å². The highest BCUT2D eigenvalue weighted by atomic mass is 16.3. The van der Waals surface area contributed by atoms with E-state index in [-0.39, 0.29) is 17.2 Å². The van der Waals surface area contributed by atoms with Gasteiger partial charge in [-0.05, 0) is 65.8 Å². The number of hydrogen-bond acceptors (Lipinski definition) is 7. The van der Waals surface area contributed by atoms with E-state index < -0.39 is 0 Å². The van der Waals surface area contributed by atoms with Gasteiger partial charge in [-0.3, -0.25) is 0 Å². The Hall–Kier alpha value is -1.90. The lowest BCUT2D eigenvalue weighted by atomic mass is 9.82. The number of aliphatic hydroxyl groups is 1. The van der Waals surface area contributed by atoms with Gasteiger partial charge in [-0.25, -0.2) is 9.36 Å². The lowest BCUT2D eigenvalue weighted by Gasteiger charge is -2.34. The van der Waals surface area contributed by atoms with E-state index in [1.807, 2.05) is 9.36 Å². The van der Waals surface area contributed by atoms with Gasteiger partial charge in [0.05, 0.1) is 17.2 Å². The van der Waals surface area contributed by atoms with E-state index in [4.69, 9.17) is 0 Å². The number of hydrogen-bond donors (Lipinski definition) is 1. The highest BCUT2D eigenvalue weighted by Crippen LogP contribution is 2.63. The summed E-state index contributed by atoms with van der Waals surface area (Å²) in [6, 6.07) is 0. The van der Waals surface area contributed by atoms with Gasteiger partial charge in [-0.1, -0.05) is 26.2 Å². The van der Waals surface area contributed by atoms with Gasteiger partial charge in [0.2, 0.25) is 0 Å². The van der Waals surface area contributed by atoms with Gasteiger partial charge in [0.1, 0.15) is 12.7 Å². The molecule has 2 saturated carbocycles. The third-order valence-corrected chi connectivity index (χ3v) is 6.35. The molecule has 26 heavy (non-hydrogen) atoms. The molecule has 1 unspecified atom stereocenters. The number of aromatic nitrogens is 8. The van der Waals surface area contributed by atoms with Crippen molar-refractivity contribution in [2.24, 2.45) is 5.92 Å². The topological polar surface area (TPSA) is 107 Å². The van der Waals surface area contributed by atoms with Crippen molar-refractivity contribution < 1.29 is 5.11 Å². The minimum Gasteiger partial charge on any atom is -0.393 e. The number of nitrogens with zero attached hydrogens (tertiary/aromatic N) is 8. The molecule has 1 atom stereocenters. The Morgan fingerprint density at radius 1 is 0.885 bits per heavy atom. The molecule has 2 aliphatic rings. The second kappa shape index (κ2) is 7.02. The number of unbranched alkanes of at least 4 members (excludes halogenated alkanes) is 1. The first kappa shape index (κ1) is 17.5. The van der Waals surface area contributed by atoms with Crippen LogP contribution >= 0.6 is 0 Å². The normalized spacial score (nSPS) is 21.0. The van der Waals surface area contributed by atoms with E-state index in [0.29, 0.717) is 5.92 Å². The Kier molecular flexibility index (Phi) is 4.73. The summed E-state index contributed by atoms with van der Waals surface area (Å²) in [5.74, 6) is 0.375. The smallest absolute Gasteiger partial charge is 0.138 e. The van der Waals surface area contributed by atoms with Crippen LogP contribution in [0.15, 0.2) is 12.7 Å². The van der Waals surface area contributed by atoms with Gasteiger partial charge in [0, 0.05) is 5.92 Å². The molecule has 2 aromatic rings. The zero-order chi connectivity index (χ0) is 18.0. The zero-order valence-corrected chi connectivity index (χ0v) is 15.4. The van der Waals surface area contributed by atoms with Gasteiger partial charge in [-0.15, -0.1) is 10.2 Å². The fourth-order valence-corrected chi connectivity index (χ4v) is 4.64. The van der Waals surface area contributed by atoms with Crippen molar-refractivity contribution in [2.75, 3.05) is 0 Å². The van der Waals surface area contributed by atoms with Crippen LogP contribution in [0.1, 0.15) is 71.1 Å². The summed E-state index contributed by atoms with van der Waals surface area (Å²) in [4.78, 5) is 0. The fourth-order valence-electron chi connectivity index (χ4n) is 4.64. The molecule has 4 rings (SSSR count). The molecule has 2 aromatic heterocycles. The second-order valence-corrected chi connectivity index (χ2v) is 8.00. The Morgan fingerprint density at radius 3 is 1.85 bits per heavy atom. The molecular formula is C17H28N8O. The van der Waals surface area contributed by atoms with Crippen LogP contribution in [-0.2, 0) is 11.1 Å². The molecule has 0 aliphatic heterocycles. The SMILES string of the molecule is CCCCC(O)CCCC(C1(n2cnnn2)CC1)C1(n2cnnn2)CC1. The van der Waals surface area contributed by atoms with Gasteiger partial charge in [-0.2, -0.15) is 0 Å². The van der Waals surface area contributed by atoms with E-state index >= 15 is 0 Å². The lowest BCUT2D eigenvalue weighted by molar-refractivity contribution is 0.120. The largest absolute Gasteiger partial charge is 0.393 e. The van der Waals surface area contributed by atoms with Crippen LogP contribution in [0.3, 0.4) is 0 Å². The molecule has 0 saturated heterocycles. The highest BCUT2D eigenvalue weighted by molar-refractivity contribution is 5.15. The van der Waals surface area contributed by atoms with Gasteiger partial charge in [0.15, 0.2) is 0 Å². The Bertz CT molecular complexity index is 627. The number of aliphatic hydroxyl groups excluding tert-OH is 1. The highest BCUT2D eigenvalue weighted by Gasteiger charge is 2.64. The molecule has 0 aromatic carbocycles. The van der Waals surface area contributed by atoms with Crippen molar-refractivity contribution in [3.63, 3.8) is 0 Å². The Labute approximate surface area is 153 Å². The zero-order valence-electron chi connectivity index (χ0n) is 15.4. The summed E-state index contributed by atoms with van der Waals surface area (Å²) in [7, 11) is 0. The van der Waals surface area contributed by atoms with Crippen molar-refractivity contribution in [3.05, 3.63) is 12.7 Å². The first-order valence-electron chi connectivity index (χ1n) is 9.86. The standard InChI is InChI=1S/C17H28N8O/c1-2-3-5-14(26)6-4-7-15(16(8-9-16)24-12-18-20-22-24)17(10-11-17)25-13-19-21-23-25/h12-15,26H,2-11H2,1H3. The van der Waals surface area contributed by atoms with Crippen molar-refractivity contribution in [2.45, 2.75) is 88.3 Å². The predicted octanol–water partition coefficient (Wildman–Crippen LogP) is 1.68. The summed E-state index contributed by atoms with van der Waals surface area (Å²) in [5, 5.41) is 34.1. The molecule has 0 amide bonds. The quantitative estimate of drug-likeness (QED) is 0.649. The van der Waals surface area contributed by atoms with E-state index in [1.54, 1.807) is 12.7 Å². The van der Waals surface area contributed by atoms with Crippen molar-refractivity contribution in [3.8, 4) is 0 Å². The summed E-state index contributed by atoms with van der Waals surface area (Å²) in [5.41, 5.74) is -0.0549. The lowest BCUT2D eigenvalue weighted by Crippen LogP contribution is -2.40. The third-order valence-electron chi connectivity index (χ3n) is 6.35. The van der Waals surface area contributed by atoms with Crippen LogP contribution in [0, 0.1) is 5.92 Å². The predicted molar refractivity (Wildman–Crippen MR) is 92.9 cm³/mol. The molecule has 0 bridgehead atoms. The molecular weight excluding hydrogens is 332 g/mol. The summed E-state index contributed by atoms with van der Waals surface area (Å²) in [6.45, 7) is 2.16. The monoisotopic (exact) mass is 360 g/mol. The van der Waals surface area contributed by atoms with Crippen LogP contribution in [0.5, 0.6) is 0 Å².